The molecule has 2 aliphatic rings. The summed E-state index contributed by atoms with van der Waals surface area (Å²) < 4.78 is 5.90. The van der Waals surface area contributed by atoms with Crippen molar-refractivity contribution in [3.63, 3.8) is 0 Å². The van der Waals surface area contributed by atoms with Crippen molar-refractivity contribution < 1.29 is 4.74 Å². The molecule has 0 saturated heterocycles. The maximum absolute atomic E-state index is 6.30. The normalized spacial score (nSPS) is 28.3. The molecule has 1 aromatic rings. The van der Waals surface area contributed by atoms with Gasteiger partial charge in [-0.05, 0) is 49.1 Å². The first-order valence-electron chi connectivity index (χ1n) is 6.73. The fourth-order valence-corrected chi connectivity index (χ4v) is 3.52. The summed E-state index contributed by atoms with van der Waals surface area (Å²) in [4.78, 5) is 0. The molecule has 1 aliphatic heterocycles. The van der Waals surface area contributed by atoms with Crippen LogP contribution in [0.15, 0.2) is 18.2 Å². The summed E-state index contributed by atoms with van der Waals surface area (Å²) >= 11 is 6.30. The van der Waals surface area contributed by atoms with E-state index in [1.54, 1.807) is 0 Å². The monoisotopic (exact) mass is 250 g/mol. The Morgan fingerprint density at radius 2 is 2.12 bits per heavy atom. The lowest BCUT2D eigenvalue weighted by molar-refractivity contribution is 0.280. The Labute approximate surface area is 108 Å². The van der Waals surface area contributed by atoms with Gasteiger partial charge in [-0.2, -0.15) is 0 Å². The van der Waals surface area contributed by atoms with Gasteiger partial charge < -0.3 is 4.74 Å². The van der Waals surface area contributed by atoms with E-state index >= 15 is 0 Å². The Morgan fingerprint density at radius 3 is 3.00 bits per heavy atom. The van der Waals surface area contributed by atoms with E-state index in [1.807, 2.05) is 0 Å². The van der Waals surface area contributed by atoms with Gasteiger partial charge in [-0.1, -0.05) is 24.6 Å². The number of para-hydroxylation sites is 1. The molecule has 3 rings (SSSR count). The van der Waals surface area contributed by atoms with Crippen molar-refractivity contribution in [2.45, 2.75) is 49.8 Å². The summed E-state index contributed by atoms with van der Waals surface area (Å²) in [6.45, 7) is 0.876. The summed E-state index contributed by atoms with van der Waals surface area (Å²) in [5.74, 6) is 1.79. The highest BCUT2D eigenvalue weighted by Gasteiger charge is 2.26. The number of fused-ring (bicyclic) bond motifs is 1. The molecule has 17 heavy (non-hydrogen) atoms. The molecule has 0 aromatic heterocycles. The van der Waals surface area contributed by atoms with E-state index in [0.717, 1.165) is 19.4 Å². The summed E-state index contributed by atoms with van der Waals surface area (Å²) in [5.41, 5.74) is 2.80. The zero-order valence-electron chi connectivity index (χ0n) is 10.1. The van der Waals surface area contributed by atoms with Gasteiger partial charge >= 0.3 is 0 Å². The van der Waals surface area contributed by atoms with Crippen LogP contribution in [0.1, 0.15) is 49.1 Å². The second-order valence-electron chi connectivity index (χ2n) is 5.25. The topological polar surface area (TPSA) is 9.23 Å². The Kier molecular flexibility index (Phi) is 3.28. The molecular weight excluding hydrogens is 232 g/mol. The lowest BCUT2D eigenvalue weighted by Gasteiger charge is -2.29. The molecule has 1 nitrogen and oxygen atoms in total. The predicted octanol–water partition coefficient (Wildman–Crippen LogP) is 4.28. The first kappa shape index (κ1) is 11.4. The van der Waals surface area contributed by atoms with Crippen LogP contribution >= 0.6 is 11.6 Å². The van der Waals surface area contributed by atoms with Crippen LogP contribution in [0.25, 0.3) is 0 Å². The quantitative estimate of drug-likeness (QED) is 0.676. The Hall–Kier alpha value is -0.690. The highest BCUT2D eigenvalue weighted by atomic mass is 35.5. The smallest absolute Gasteiger partial charge is 0.125 e. The average Bonchev–Trinajstić information content (AvgIpc) is 2.38. The van der Waals surface area contributed by atoms with Crippen molar-refractivity contribution in [1.82, 2.24) is 0 Å². The number of hydrogen-bond acceptors (Lipinski definition) is 1. The highest BCUT2D eigenvalue weighted by Crippen LogP contribution is 2.41. The molecule has 0 bridgehead atoms. The molecule has 2 heteroatoms. The Morgan fingerprint density at radius 1 is 1.18 bits per heavy atom. The molecule has 2 unspecified atom stereocenters. The number of rotatable bonds is 1. The fourth-order valence-electron chi connectivity index (χ4n) is 3.15. The molecule has 1 fully saturated rings. The van der Waals surface area contributed by atoms with Crippen LogP contribution in [0.4, 0.5) is 0 Å². The molecule has 1 saturated carbocycles. The van der Waals surface area contributed by atoms with E-state index in [9.17, 15) is 0 Å². The molecule has 1 heterocycles. The third-order valence-corrected chi connectivity index (χ3v) is 4.41. The Bertz CT molecular complexity index is 402. The highest BCUT2D eigenvalue weighted by molar-refractivity contribution is 6.20. The molecule has 1 aliphatic carbocycles. The standard InChI is InChI=1S/C15H19ClO/c16-13-7-1-5-12(10-13)14-8-2-4-11-6-3-9-17-15(11)14/h2,4,8,12-13H,1,3,5-7,9-10H2. The molecule has 0 spiro atoms. The first-order valence-corrected chi connectivity index (χ1v) is 7.17. The van der Waals surface area contributed by atoms with Crippen molar-refractivity contribution in [3.05, 3.63) is 29.3 Å². The molecule has 1 aromatic carbocycles. The van der Waals surface area contributed by atoms with Gasteiger partial charge in [0.1, 0.15) is 5.75 Å². The van der Waals surface area contributed by atoms with Crippen LogP contribution in [0.3, 0.4) is 0 Å². The first-order chi connectivity index (χ1) is 8.34. The van der Waals surface area contributed by atoms with Gasteiger partial charge in [0.25, 0.3) is 0 Å². The van der Waals surface area contributed by atoms with Crippen LogP contribution in [-0.2, 0) is 6.42 Å². The fraction of sp³-hybridized carbons (Fsp3) is 0.600. The van der Waals surface area contributed by atoms with E-state index in [1.165, 1.54) is 42.6 Å². The van der Waals surface area contributed by atoms with Crippen LogP contribution in [0.2, 0.25) is 0 Å². The van der Waals surface area contributed by atoms with Gasteiger partial charge in [0.2, 0.25) is 0 Å². The van der Waals surface area contributed by atoms with Gasteiger partial charge in [-0.3, -0.25) is 0 Å². The third kappa shape index (κ3) is 2.30. The number of alkyl halides is 1. The maximum atomic E-state index is 6.30. The number of benzene rings is 1. The van der Waals surface area contributed by atoms with Gasteiger partial charge in [-0.25, -0.2) is 0 Å². The maximum Gasteiger partial charge on any atom is 0.125 e. The van der Waals surface area contributed by atoms with Crippen molar-refractivity contribution in [1.29, 1.82) is 0 Å². The van der Waals surface area contributed by atoms with E-state index < -0.39 is 0 Å². The Balaban J connectivity index is 1.91. The van der Waals surface area contributed by atoms with Crippen molar-refractivity contribution in [2.24, 2.45) is 0 Å². The summed E-state index contributed by atoms with van der Waals surface area (Å²) in [6, 6.07) is 6.63. The molecule has 92 valence electrons. The van der Waals surface area contributed by atoms with Crippen molar-refractivity contribution in [2.75, 3.05) is 6.61 Å². The lowest BCUT2D eigenvalue weighted by atomic mass is 9.82. The molecule has 2 atom stereocenters. The zero-order valence-corrected chi connectivity index (χ0v) is 10.9. The summed E-state index contributed by atoms with van der Waals surface area (Å²) in [7, 11) is 0. The van der Waals surface area contributed by atoms with Crippen molar-refractivity contribution >= 4 is 11.6 Å². The zero-order chi connectivity index (χ0) is 11.7. The molecule has 0 N–H and O–H groups in total. The number of aryl methyl sites for hydroxylation is 1. The van der Waals surface area contributed by atoms with Crippen LogP contribution in [0.5, 0.6) is 5.75 Å². The van der Waals surface area contributed by atoms with E-state index in [2.05, 4.69) is 18.2 Å². The van der Waals surface area contributed by atoms with E-state index in [-0.39, 0.29) is 0 Å². The number of ether oxygens (including phenoxy) is 1. The second kappa shape index (κ2) is 4.89. The van der Waals surface area contributed by atoms with Crippen LogP contribution in [-0.4, -0.2) is 12.0 Å². The van der Waals surface area contributed by atoms with E-state index in [0.29, 0.717) is 11.3 Å². The summed E-state index contributed by atoms with van der Waals surface area (Å²) in [5, 5.41) is 0.355. The van der Waals surface area contributed by atoms with Gasteiger partial charge in [0.15, 0.2) is 0 Å². The minimum absolute atomic E-state index is 0.355. The van der Waals surface area contributed by atoms with Crippen LogP contribution < -0.4 is 4.74 Å². The summed E-state index contributed by atoms with van der Waals surface area (Å²) in [6.07, 6.45) is 7.13. The number of hydrogen-bond donors (Lipinski definition) is 0. The SMILES string of the molecule is ClC1CCCC(c2cccc3c2OCCC3)C1. The van der Waals surface area contributed by atoms with Gasteiger partial charge in [-0.15, -0.1) is 11.6 Å². The largest absolute Gasteiger partial charge is 0.493 e. The minimum atomic E-state index is 0.355. The number of halogens is 1. The second-order valence-corrected chi connectivity index (χ2v) is 5.87. The molecule has 0 amide bonds. The molecule has 0 radical (unpaired) electrons. The van der Waals surface area contributed by atoms with E-state index in [4.69, 9.17) is 16.3 Å². The minimum Gasteiger partial charge on any atom is -0.493 e. The predicted molar refractivity (Wildman–Crippen MR) is 71.1 cm³/mol. The average molecular weight is 251 g/mol. The third-order valence-electron chi connectivity index (χ3n) is 4.01. The molecular formula is C15H19ClO. The lowest BCUT2D eigenvalue weighted by Crippen LogP contribution is -2.17. The van der Waals surface area contributed by atoms with Crippen LogP contribution in [0, 0.1) is 0 Å². The van der Waals surface area contributed by atoms with Crippen molar-refractivity contribution in [3.8, 4) is 5.75 Å². The van der Waals surface area contributed by atoms with Gasteiger partial charge in [0, 0.05) is 5.38 Å². The van der Waals surface area contributed by atoms with Gasteiger partial charge in [0.05, 0.1) is 6.61 Å².